The molecule has 10 nitrogen and oxygen atoms in total. The quantitative estimate of drug-likeness (QED) is 0.0498. The molecule has 0 saturated heterocycles. The minimum absolute atomic E-state index is 0.343. The van der Waals surface area contributed by atoms with Crippen LogP contribution in [0, 0.1) is 0 Å². The largest absolute Gasteiger partial charge is 0.307 e. The molecule has 9 aromatic rings. The molecule has 0 radical (unpaired) electrons. The summed E-state index contributed by atoms with van der Waals surface area (Å²) in [7, 11) is 0. The third kappa shape index (κ3) is 10.3. The van der Waals surface area contributed by atoms with Gasteiger partial charge in [-0.05, 0) is 122 Å². The molecule has 0 saturated carbocycles. The van der Waals surface area contributed by atoms with Crippen molar-refractivity contribution in [3.63, 3.8) is 0 Å². The number of nitrogens with one attached hydrogen (secondary N) is 4. The molecule has 4 N–H and O–H groups in total. The van der Waals surface area contributed by atoms with E-state index in [4.69, 9.17) is 9.97 Å². The average molecular weight is 871 g/mol. The van der Waals surface area contributed by atoms with E-state index in [0.29, 0.717) is 49.2 Å². The molecule has 0 fully saturated rings. The topological polar surface area (TPSA) is 115 Å². The summed E-state index contributed by atoms with van der Waals surface area (Å²) in [5, 5.41) is 23.0. The zero-order valence-electron chi connectivity index (χ0n) is 37.4. The Labute approximate surface area is 385 Å². The van der Waals surface area contributed by atoms with Gasteiger partial charge in [0.15, 0.2) is 0 Å². The van der Waals surface area contributed by atoms with E-state index in [2.05, 4.69) is 154 Å². The maximum absolute atomic E-state index is 13.5. The fraction of sp³-hybridized carbons (Fsp3) is 0.179. The molecule has 0 spiro atoms. The minimum Gasteiger partial charge on any atom is -0.307 e. The lowest BCUT2D eigenvalue weighted by Crippen LogP contribution is -2.33. The number of pyridine rings is 2. The van der Waals surface area contributed by atoms with E-state index in [1.807, 2.05) is 24.3 Å². The number of hydrogen-bond donors (Lipinski definition) is 4. The van der Waals surface area contributed by atoms with Crippen molar-refractivity contribution in [1.82, 2.24) is 30.4 Å². The minimum atomic E-state index is -0.359. The Hall–Kier alpha value is -7.34. The first-order valence-corrected chi connectivity index (χ1v) is 22.7. The summed E-state index contributed by atoms with van der Waals surface area (Å²) in [6.45, 7) is 10.1. The molecule has 7 aromatic carbocycles. The number of anilines is 2. The highest BCUT2D eigenvalue weighted by Gasteiger charge is 2.16. The van der Waals surface area contributed by atoms with Gasteiger partial charge < -0.3 is 10.6 Å². The highest BCUT2D eigenvalue weighted by Crippen LogP contribution is 2.31. The lowest BCUT2D eigenvalue weighted by atomic mass is 9.96. The Morgan fingerprint density at radius 1 is 0.439 bits per heavy atom. The Balaban J connectivity index is 0.773. The molecule has 330 valence electrons. The molecular weight excluding hydrogens is 817 g/mol. The number of hydrogen-bond acceptors (Lipinski definition) is 8. The van der Waals surface area contributed by atoms with Crippen molar-refractivity contribution < 1.29 is 9.59 Å². The van der Waals surface area contributed by atoms with Crippen LogP contribution in [-0.2, 0) is 26.2 Å². The van der Waals surface area contributed by atoms with Crippen molar-refractivity contribution in [3.8, 4) is 0 Å². The normalized spacial score (nSPS) is 11.6. The molecule has 0 bridgehead atoms. The molecular formula is C56H54N8O2. The fourth-order valence-corrected chi connectivity index (χ4v) is 8.72. The van der Waals surface area contributed by atoms with Crippen LogP contribution in [0.4, 0.5) is 11.6 Å². The number of amides is 2. The second-order valence-electron chi connectivity index (χ2n) is 16.6. The zero-order chi connectivity index (χ0) is 45.2. The lowest BCUT2D eigenvalue weighted by Gasteiger charge is -2.23. The number of nitrogens with zero attached hydrogens (tertiary/aromatic N) is 4. The van der Waals surface area contributed by atoms with Crippen molar-refractivity contribution in [1.29, 1.82) is 0 Å². The molecule has 0 aliphatic rings. The van der Waals surface area contributed by atoms with Crippen LogP contribution in [0.2, 0.25) is 0 Å². The summed E-state index contributed by atoms with van der Waals surface area (Å²) in [6, 6.07) is 56.7. The van der Waals surface area contributed by atoms with Crippen LogP contribution in [0.5, 0.6) is 0 Å². The van der Waals surface area contributed by atoms with Crippen LogP contribution in [0.3, 0.4) is 0 Å². The Morgan fingerprint density at radius 2 is 0.803 bits per heavy atom. The average Bonchev–Trinajstić information content (AvgIpc) is 3.35. The molecule has 2 heterocycles. The van der Waals surface area contributed by atoms with Crippen molar-refractivity contribution in [2.24, 2.45) is 0 Å². The third-order valence-electron chi connectivity index (χ3n) is 12.2. The first kappa shape index (κ1) is 43.9. The number of rotatable bonds is 18. The first-order chi connectivity index (χ1) is 32.4. The van der Waals surface area contributed by atoms with Crippen LogP contribution in [0.25, 0.3) is 43.1 Å². The second kappa shape index (κ2) is 20.7. The molecule has 10 heteroatoms. The molecule has 2 aromatic heterocycles. The van der Waals surface area contributed by atoms with E-state index in [0.717, 1.165) is 37.6 Å². The van der Waals surface area contributed by atoms with Crippen LogP contribution in [0.1, 0.15) is 57.1 Å². The van der Waals surface area contributed by atoms with Crippen LogP contribution in [-0.4, -0.2) is 58.0 Å². The predicted octanol–water partition coefficient (Wildman–Crippen LogP) is 10.7. The Bertz CT molecular complexity index is 2850. The third-order valence-corrected chi connectivity index (χ3v) is 12.2. The van der Waals surface area contributed by atoms with Gasteiger partial charge in [0.05, 0.1) is 11.4 Å². The SMILES string of the molecule is CCN(CNCc1cccc(NC(=O)c2cccc(C(=O)Nc3cccc(CNCN(CC)Cc4c5ccccc5cc5ccccc45)n3)c2)n1)Cc1c2ccccc2cc2ccccc12. The number of aromatic nitrogens is 2. The number of carbonyl (C=O) groups excluding carboxylic acids is 2. The smallest absolute Gasteiger partial charge is 0.256 e. The molecule has 66 heavy (non-hydrogen) atoms. The monoisotopic (exact) mass is 870 g/mol. The molecule has 2 amide bonds. The first-order valence-electron chi connectivity index (χ1n) is 22.7. The summed E-state index contributed by atoms with van der Waals surface area (Å²) in [5.74, 6) is 0.148. The summed E-state index contributed by atoms with van der Waals surface area (Å²) < 4.78 is 0. The van der Waals surface area contributed by atoms with Gasteiger partial charge in [0.1, 0.15) is 11.6 Å². The number of fused-ring (bicyclic) bond motifs is 4. The van der Waals surface area contributed by atoms with Gasteiger partial charge in [0.25, 0.3) is 11.8 Å². The predicted molar refractivity (Wildman–Crippen MR) is 269 cm³/mol. The van der Waals surface area contributed by atoms with Gasteiger partial charge in [0.2, 0.25) is 0 Å². The summed E-state index contributed by atoms with van der Waals surface area (Å²) in [4.78, 5) is 41.1. The van der Waals surface area contributed by atoms with E-state index >= 15 is 0 Å². The summed E-state index contributed by atoms with van der Waals surface area (Å²) >= 11 is 0. The van der Waals surface area contributed by atoms with Gasteiger partial charge in [-0.15, -0.1) is 0 Å². The molecule has 9 rings (SSSR count). The highest BCUT2D eigenvalue weighted by molar-refractivity contribution is 6.08. The maximum Gasteiger partial charge on any atom is 0.256 e. The van der Waals surface area contributed by atoms with E-state index < -0.39 is 0 Å². The van der Waals surface area contributed by atoms with Crippen molar-refractivity contribution in [2.75, 3.05) is 37.1 Å². The molecule has 0 atom stereocenters. The summed E-state index contributed by atoms with van der Waals surface area (Å²) in [6.07, 6.45) is 0. The summed E-state index contributed by atoms with van der Waals surface area (Å²) in [5.41, 5.74) is 4.93. The molecule has 0 aliphatic carbocycles. The van der Waals surface area contributed by atoms with E-state index in [1.165, 1.54) is 54.2 Å². The van der Waals surface area contributed by atoms with Crippen molar-refractivity contribution >= 4 is 66.5 Å². The second-order valence-corrected chi connectivity index (χ2v) is 16.6. The highest BCUT2D eigenvalue weighted by atomic mass is 16.2. The van der Waals surface area contributed by atoms with Gasteiger partial charge in [-0.25, -0.2) is 9.97 Å². The van der Waals surface area contributed by atoms with Gasteiger partial charge in [0, 0.05) is 50.6 Å². The lowest BCUT2D eigenvalue weighted by molar-refractivity contribution is 0.102. The standard InChI is InChI=1S/C56H54N8O2/c1-3-63(35-51-47-24-9-5-16-39(47)30-40-17-6-10-25-48(40)51)37-57-33-45-22-14-28-53(59-45)61-55(65)43-20-13-21-44(32-43)56(66)62-54-29-15-23-46(60-54)34-58-38-64(4-2)36-52-49-26-11-7-18-41(49)31-42-19-8-12-27-50(42)52/h5-32,57-58H,3-4,33-38H2,1-2H3,(H,59,61,65)(H,60,62,66). The number of carbonyl (C=O) groups is 2. The van der Waals surface area contributed by atoms with Crippen molar-refractivity contribution in [3.05, 3.63) is 203 Å². The maximum atomic E-state index is 13.5. The van der Waals surface area contributed by atoms with E-state index in [1.54, 1.807) is 36.4 Å². The van der Waals surface area contributed by atoms with Gasteiger partial charge in [-0.3, -0.25) is 30.0 Å². The fourth-order valence-electron chi connectivity index (χ4n) is 8.72. The molecule has 0 unspecified atom stereocenters. The van der Waals surface area contributed by atoms with Crippen LogP contribution < -0.4 is 21.3 Å². The van der Waals surface area contributed by atoms with E-state index in [9.17, 15) is 9.59 Å². The van der Waals surface area contributed by atoms with Crippen LogP contribution in [0.15, 0.2) is 170 Å². The Kier molecular flexibility index (Phi) is 13.7. The van der Waals surface area contributed by atoms with Gasteiger partial charge in [-0.2, -0.15) is 0 Å². The molecule has 0 aliphatic heterocycles. The Morgan fingerprint density at radius 3 is 1.18 bits per heavy atom. The van der Waals surface area contributed by atoms with Crippen molar-refractivity contribution in [2.45, 2.75) is 40.0 Å². The van der Waals surface area contributed by atoms with E-state index in [-0.39, 0.29) is 11.8 Å². The zero-order valence-corrected chi connectivity index (χ0v) is 37.4. The van der Waals surface area contributed by atoms with Gasteiger partial charge in [-0.1, -0.05) is 129 Å². The van der Waals surface area contributed by atoms with Gasteiger partial charge >= 0.3 is 0 Å². The van der Waals surface area contributed by atoms with Crippen LogP contribution >= 0.6 is 0 Å². The number of benzene rings is 7.